The smallest absolute Gasteiger partial charge is 0.133 e. The molecular weight excluding hydrogens is 324 g/mol. The summed E-state index contributed by atoms with van der Waals surface area (Å²) in [6.07, 6.45) is 6.89. The Kier molecular flexibility index (Phi) is 4.09. The number of benzene rings is 1. The zero-order chi connectivity index (χ0) is 13.4. The summed E-state index contributed by atoms with van der Waals surface area (Å²) in [5.41, 5.74) is 1.21. The van der Waals surface area contributed by atoms with Gasteiger partial charge in [-0.25, -0.2) is 0 Å². The van der Waals surface area contributed by atoms with Crippen molar-refractivity contribution in [3.63, 3.8) is 0 Å². The molecule has 19 heavy (non-hydrogen) atoms. The Morgan fingerprint density at radius 3 is 2.79 bits per heavy atom. The van der Waals surface area contributed by atoms with Gasteiger partial charge in [0.2, 0.25) is 0 Å². The molecule has 2 bridgehead atoms. The van der Waals surface area contributed by atoms with Crippen LogP contribution in [0.2, 0.25) is 0 Å². The lowest BCUT2D eigenvalue weighted by molar-refractivity contribution is 0.312. The van der Waals surface area contributed by atoms with Crippen LogP contribution in [0, 0.1) is 17.8 Å². The van der Waals surface area contributed by atoms with Crippen LogP contribution in [0.5, 0.6) is 5.75 Å². The summed E-state index contributed by atoms with van der Waals surface area (Å²) < 4.78 is 6.26. The van der Waals surface area contributed by atoms with Crippen LogP contribution in [0.1, 0.15) is 43.0 Å². The Balaban J connectivity index is 1.67. The van der Waals surface area contributed by atoms with E-state index in [-0.39, 0.29) is 5.38 Å². The van der Waals surface area contributed by atoms with E-state index in [1.54, 1.807) is 7.11 Å². The van der Waals surface area contributed by atoms with E-state index in [2.05, 4.69) is 28.1 Å². The van der Waals surface area contributed by atoms with Gasteiger partial charge in [-0.2, -0.15) is 0 Å². The van der Waals surface area contributed by atoms with Crippen molar-refractivity contribution in [3.8, 4) is 5.75 Å². The van der Waals surface area contributed by atoms with Crippen molar-refractivity contribution in [2.75, 3.05) is 7.11 Å². The van der Waals surface area contributed by atoms with Crippen molar-refractivity contribution in [1.82, 2.24) is 0 Å². The van der Waals surface area contributed by atoms with Crippen LogP contribution >= 0.6 is 27.5 Å². The Labute approximate surface area is 128 Å². The van der Waals surface area contributed by atoms with Crippen molar-refractivity contribution >= 4 is 27.5 Å². The lowest BCUT2D eigenvalue weighted by Gasteiger charge is -2.24. The summed E-state index contributed by atoms with van der Waals surface area (Å²) in [7, 11) is 1.69. The van der Waals surface area contributed by atoms with Gasteiger partial charge in [0.25, 0.3) is 0 Å². The molecule has 0 amide bonds. The van der Waals surface area contributed by atoms with Gasteiger partial charge in [0.05, 0.1) is 17.0 Å². The molecule has 0 spiro atoms. The molecule has 1 aromatic rings. The number of halogens is 2. The van der Waals surface area contributed by atoms with Gasteiger partial charge in [-0.1, -0.05) is 12.5 Å². The molecule has 3 rings (SSSR count). The second-order valence-corrected chi connectivity index (χ2v) is 7.41. The molecule has 2 aliphatic rings. The van der Waals surface area contributed by atoms with E-state index in [0.717, 1.165) is 34.4 Å². The molecule has 0 aliphatic heterocycles. The van der Waals surface area contributed by atoms with Gasteiger partial charge in [-0.15, -0.1) is 11.6 Å². The van der Waals surface area contributed by atoms with E-state index < -0.39 is 0 Å². The first-order valence-electron chi connectivity index (χ1n) is 7.15. The largest absolute Gasteiger partial charge is 0.496 e. The van der Waals surface area contributed by atoms with Gasteiger partial charge >= 0.3 is 0 Å². The highest BCUT2D eigenvalue weighted by Gasteiger charge is 2.40. The number of ether oxygens (including phenoxy) is 1. The molecule has 1 aromatic carbocycles. The fourth-order valence-electron chi connectivity index (χ4n) is 3.94. The van der Waals surface area contributed by atoms with E-state index in [9.17, 15) is 0 Å². The van der Waals surface area contributed by atoms with Gasteiger partial charge in [0, 0.05) is 0 Å². The molecule has 2 saturated carbocycles. The highest BCUT2D eigenvalue weighted by atomic mass is 79.9. The molecule has 0 aromatic heterocycles. The lowest BCUT2D eigenvalue weighted by Crippen LogP contribution is -2.12. The van der Waals surface area contributed by atoms with Crippen molar-refractivity contribution < 1.29 is 4.74 Å². The zero-order valence-electron chi connectivity index (χ0n) is 11.2. The van der Waals surface area contributed by atoms with Gasteiger partial charge in [-0.3, -0.25) is 0 Å². The molecule has 0 saturated heterocycles. The average molecular weight is 344 g/mol. The third-order valence-corrected chi connectivity index (χ3v) is 5.98. The number of rotatable bonds is 4. The van der Waals surface area contributed by atoms with Crippen LogP contribution in [-0.4, -0.2) is 7.11 Å². The highest BCUT2D eigenvalue weighted by molar-refractivity contribution is 9.10. The van der Waals surface area contributed by atoms with E-state index in [1.165, 1.54) is 31.2 Å². The number of hydrogen-bond acceptors (Lipinski definition) is 1. The molecule has 104 valence electrons. The van der Waals surface area contributed by atoms with E-state index in [0.29, 0.717) is 0 Å². The third kappa shape index (κ3) is 2.80. The highest BCUT2D eigenvalue weighted by Crippen LogP contribution is 2.51. The lowest BCUT2D eigenvalue weighted by atomic mass is 9.84. The summed E-state index contributed by atoms with van der Waals surface area (Å²) in [5.74, 6) is 3.67. The molecule has 0 N–H and O–H groups in total. The molecule has 4 unspecified atom stereocenters. The molecular formula is C16H20BrClO. The molecule has 1 nitrogen and oxygen atoms in total. The monoisotopic (exact) mass is 342 g/mol. The Bertz CT molecular complexity index is 462. The second kappa shape index (κ2) is 5.65. The standard InChI is InChI=1S/C16H20BrClO/c1-19-16-5-4-12(8-14(16)17)15(18)9-13-7-10-2-3-11(13)6-10/h4-5,8,10-11,13,15H,2-3,6-7,9H2,1H3. The average Bonchev–Trinajstić information content (AvgIpc) is 3.00. The topological polar surface area (TPSA) is 9.23 Å². The van der Waals surface area contributed by atoms with Crippen molar-refractivity contribution in [1.29, 1.82) is 0 Å². The third-order valence-electron chi connectivity index (χ3n) is 4.93. The maximum atomic E-state index is 6.63. The predicted octanol–water partition coefficient (Wildman–Crippen LogP) is 5.56. The number of alkyl halides is 1. The zero-order valence-corrected chi connectivity index (χ0v) is 13.6. The number of fused-ring (bicyclic) bond motifs is 2. The van der Waals surface area contributed by atoms with Gasteiger partial charge < -0.3 is 4.74 Å². The maximum absolute atomic E-state index is 6.63. The normalized spacial score (nSPS) is 30.6. The summed E-state index contributed by atoms with van der Waals surface area (Å²) >= 11 is 10.2. The van der Waals surface area contributed by atoms with Crippen LogP contribution in [0.4, 0.5) is 0 Å². The fourth-order valence-corrected chi connectivity index (χ4v) is 4.87. The second-order valence-electron chi connectivity index (χ2n) is 6.03. The van der Waals surface area contributed by atoms with Crippen LogP contribution in [0.3, 0.4) is 0 Å². The van der Waals surface area contributed by atoms with E-state index in [1.807, 2.05) is 6.07 Å². The van der Waals surface area contributed by atoms with Gasteiger partial charge in [0.1, 0.15) is 5.75 Å². The summed E-state index contributed by atoms with van der Waals surface area (Å²) in [6, 6.07) is 6.19. The number of methoxy groups -OCH3 is 1. The molecule has 0 heterocycles. The predicted molar refractivity (Wildman–Crippen MR) is 82.8 cm³/mol. The first-order valence-corrected chi connectivity index (χ1v) is 8.38. The van der Waals surface area contributed by atoms with Crippen LogP contribution < -0.4 is 4.74 Å². The van der Waals surface area contributed by atoms with E-state index in [4.69, 9.17) is 16.3 Å². The molecule has 0 radical (unpaired) electrons. The molecule has 2 fully saturated rings. The molecule has 4 atom stereocenters. The van der Waals surface area contributed by atoms with Crippen LogP contribution in [0.25, 0.3) is 0 Å². The SMILES string of the molecule is COc1ccc(C(Cl)CC2CC3CCC2C3)cc1Br. The first kappa shape index (κ1) is 13.8. The Morgan fingerprint density at radius 2 is 2.21 bits per heavy atom. The summed E-state index contributed by atoms with van der Waals surface area (Å²) in [4.78, 5) is 0. The van der Waals surface area contributed by atoms with Crippen LogP contribution in [-0.2, 0) is 0 Å². The van der Waals surface area contributed by atoms with Crippen LogP contribution in [0.15, 0.2) is 22.7 Å². The van der Waals surface area contributed by atoms with Gasteiger partial charge in [0.15, 0.2) is 0 Å². The fraction of sp³-hybridized carbons (Fsp3) is 0.625. The van der Waals surface area contributed by atoms with Crippen molar-refractivity contribution in [3.05, 3.63) is 28.2 Å². The van der Waals surface area contributed by atoms with Crippen molar-refractivity contribution in [2.24, 2.45) is 17.8 Å². The van der Waals surface area contributed by atoms with Gasteiger partial charge in [-0.05, 0) is 77.1 Å². The quantitative estimate of drug-likeness (QED) is 0.650. The van der Waals surface area contributed by atoms with Crippen molar-refractivity contribution in [2.45, 2.75) is 37.5 Å². The van der Waals surface area contributed by atoms with E-state index >= 15 is 0 Å². The number of hydrogen-bond donors (Lipinski definition) is 0. The Morgan fingerprint density at radius 1 is 1.37 bits per heavy atom. The minimum absolute atomic E-state index is 0.131. The minimum atomic E-state index is 0.131. The maximum Gasteiger partial charge on any atom is 0.133 e. The first-order chi connectivity index (χ1) is 9.17. The summed E-state index contributed by atoms with van der Waals surface area (Å²) in [5, 5.41) is 0.131. The Hall–Kier alpha value is -0.210. The minimum Gasteiger partial charge on any atom is -0.496 e. The molecule has 3 heteroatoms. The molecule has 2 aliphatic carbocycles. The summed E-state index contributed by atoms with van der Waals surface area (Å²) in [6.45, 7) is 0.